The molecule has 1 aliphatic rings. The predicted molar refractivity (Wildman–Crippen MR) is 99.9 cm³/mol. The Morgan fingerprint density at radius 2 is 1.92 bits per heavy atom. The zero-order valence-electron chi connectivity index (χ0n) is 15.6. The number of rotatable bonds is 3. The minimum absolute atomic E-state index is 0.0329. The monoisotopic (exact) mass is 340 g/mol. The summed E-state index contributed by atoms with van der Waals surface area (Å²) in [6.07, 6.45) is 0.427. The summed E-state index contributed by atoms with van der Waals surface area (Å²) in [6, 6.07) is 12.5. The van der Waals surface area contributed by atoms with Crippen LogP contribution in [0.3, 0.4) is 0 Å². The molecule has 1 aliphatic heterocycles. The number of aliphatic hydroxyl groups is 1. The van der Waals surface area contributed by atoms with E-state index in [1.807, 2.05) is 38.1 Å². The Labute approximate surface area is 150 Å². The van der Waals surface area contributed by atoms with Gasteiger partial charge in [0.25, 0.3) is 5.91 Å². The van der Waals surface area contributed by atoms with E-state index in [4.69, 9.17) is 0 Å². The van der Waals surface area contributed by atoms with Gasteiger partial charge >= 0.3 is 0 Å². The quantitative estimate of drug-likeness (QED) is 0.928. The zero-order chi connectivity index (χ0) is 18.1. The summed E-state index contributed by atoms with van der Waals surface area (Å²) in [5.74, 6) is 0.292. The second-order valence-corrected chi connectivity index (χ2v) is 7.33. The molecule has 1 N–H and O–H groups in total. The Morgan fingerprint density at radius 3 is 2.56 bits per heavy atom. The summed E-state index contributed by atoms with van der Waals surface area (Å²) in [5, 5.41) is 10.1. The standard InChI is InChI=1S/C21H28N2O2/c1-14-10-11-22(13-20(14)24)21(25)19-12-15(2)23(17(19)4)16(3)18-8-6-5-7-9-18/h5-9,12,14,16,20,24H,10-11,13H2,1-4H3. The predicted octanol–water partition coefficient (Wildman–Crippen LogP) is 3.56. The van der Waals surface area contributed by atoms with Crippen molar-refractivity contribution >= 4 is 5.91 Å². The first-order valence-electron chi connectivity index (χ1n) is 9.11. The van der Waals surface area contributed by atoms with E-state index in [1.165, 1.54) is 5.56 Å². The molecule has 25 heavy (non-hydrogen) atoms. The van der Waals surface area contributed by atoms with Crippen LogP contribution in [0.5, 0.6) is 0 Å². The van der Waals surface area contributed by atoms with E-state index < -0.39 is 6.10 Å². The fourth-order valence-electron chi connectivity index (χ4n) is 3.87. The summed E-state index contributed by atoms with van der Waals surface area (Å²) in [5.41, 5.74) is 4.06. The number of carbonyl (C=O) groups excluding carboxylic acids is 1. The fraction of sp³-hybridized carbons (Fsp3) is 0.476. The molecule has 0 radical (unpaired) electrons. The van der Waals surface area contributed by atoms with E-state index >= 15 is 0 Å². The first-order valence-corrected chi connectivity index (χ1v) is 9.11. The van der Waals surface area contributed by atoms with Gasteiger partial charge in [-0.05, 0) is 44.7 Å². The molecule has 3 unspecified atom stereocenters. The Morgan fingerprint density at radius 1 is 1.24 bits per heavy atom. The van der Waals surface area contributed by atoms with Crippen molar-refractivity contribution in [2.75, 3.05) is 13.1 Å². The van der Waals surface area contributed by atoms with Crippen LogP contribution in [-0.2, 0) is 0 Å². The van der Waals surface area contributed by atoms with E-state index in [2.05, 4.69) is 30.5 Å². The van der Waals surface area contributed by atoms with Gasteiger partial charge in [-0.3, -0.25) is 4.79 Å². The van der Waals surface area contributed by atoms with E-state index in [9.17, 15) is 9.90 Å². The highest BCUT2D eigenvalue weighted by molar-refractivity contribution is 5.95. The van der Waals surface area contributed by atoms with Gasteiger partial charge < -0.3 is 14.6 Å². The molecule has 1 saturated heterocycles. The number of β-amino-alcohol motifs (C(OH)–C–C–N with tert-alkyl or cyclic N) is 1. The summed E-state index contributed by atoms with van der Waals surface area (Å²) in [6.45, 7) is 9.42. The molecule has 0 aliphatic carbocycles. The molecule has 0 bridgehead atoms. The lowest BCUT2D eigenvalue weighted by atomic mass is 9.95. The van der Waals surface area contributed by atoms with Gasteiger partial charge in [-0.1, -0.05) is 37.3 Å². The summed E-state index contributed by atoms with van der Waals surface area (Å²) in [7, 11) is 0. The van der Waals surface area contributed by atoms with Crippen LogP contribution in [0, 0.1) is 19.8 Å². The van der Waals surface area contributed by atoms with Crippen LogP contribution in [0.1, 0.15) is 53.6 Å². The second kappa shape index (κ2) is 7.04. The first-order chi connectivity index (χ1) is 11.9. The van der Waals surface area contributed by atoms with Crippen LogP contribution >= 0.6 is 0 Å². The van der Waals surface area contributed by atoms with Crippen molar-refractivity contribution in [3.05, 3.63) is 58.9 Å². The third-order valence-electron chi connectivity index (χ3n) is 5.59. The highest BCUT2D eigenvalue weighted by Gasteiger charge is 2.30. The lowest BCUT2D eigenvalue weighted by molar-refractivity contribution is 0.0248. The minimum atomic E-state index is -0.426. The molecular formula is C21H28N2O2. The van der Waals surface area contributed by atoms with Gasteiger partial charge in [-0.2, -0.15) is 0 Å². The van der Waals surface area contributed by atoms with Gasteiger partial charge in [0.05, 0.1) is 17.7 Å². The summed E-state index contributed by atoms with van der Waals surface area (Å²) < 4.78 is 2.23. The Hall–Kier alpha value is -2.07. The highest BCUT2D eigenvalue weighted by atomic mass is 16.3. The van der Waals surface area contributed by atoms with Crippen LogP contribution in [0.4, 0.5) is 0 Å². The van der Waals surface area contributed by atoms with Crippen molar-refractivity contribution < 1.29 is 9.90 Å². The first kappa shape index (κ1) is 17.7. The van der Waals surface area contributed by atoms with Crippen molar-refractivity contribution in [3.8, 4) is 0 Å². The van der Waals surface area contributed by atoms with Gasteiger partial charge in [0.15, 0.2) is 0 Å². The molecule has 0 saturated carbocycles. The molecule has 2 heterocycles. The van der Waals surface area contributed by atoms with Crippen molar-refractivity contribution in [1.29, 1.82) is 0 Å². The van der Waals surface area contributed by atoms with E-state index in [-0.39, 0.29) is 17.9 Å². The number of carbonyl (C=O) groups is 1. The van der Waals surface area contributed by atoms with E-state index in [0.717, 1.165) is 29.9 Å². The van der Waals surface area contributed by atoms with Gasteiger partial charge in [-0.25, -0.2) is 0 Å². The molecule has 1 fully saturated rings. The van der Waals surface area contributed by atoms with Crippen molar-refractivity contribution in [1.82, 2.24) is 9.47 Å². The number of piperidine rings is 1. The molecule has 1 amide bonds. The molecule has 0 spiro atoms. The number of benzene rings is 1. The smallest absolute Gasteiger partial charge is 0.255 e. The maximum Gasteiger partial charge on any atom is 0.255 e. The number of aryl methyl sites for hydroxylation is 1. The number of hydrogen-bond acceptors (Lipinski definition) is 2. The van der Waals surface area contributed by atoms with Crippen LogP contribution in [0.2, 0.25) is 0 Å². The van der Waals surface area contributed by atoms with Crippen LogP contribution in [0.25, 0.3) is 0 Å². The topological polar surface area (TPSA) is 45.5 Å². The van der Waals surface area contributed by atoms with E-state index in [1.54, 1.807) is 4.90 Å². The Balaban J connectivity index is 1.88. The largest absolute Gasteiger partial charge is 0.391 e. The van der Waals surface area contributed by atoms with Gasteiger partial charge in [0.2, 0.25) is 0 Å². The minimum Gasteiger partial charge on any atom is -0.391 e. The molecule has 134 valence electrons. The third kappa shape index (κ3) is 3.36. The van der Waals surface area contributed by atoms with Crippen molar-refractivity contribution in [3.63, 3.8) is 0 Å². The van der Waals surface area contributed by atoms with Gasteiger partial charge in [0, 0.05) is 24.5 Å². The average Bonchev–Trinajstić information content (AvgIpc) is 2.91. The molecule has 3 rings (SSSR count). The Bertz CT molecular complexity index is 751. The third-order valence-corrected chi connectivity index (χ3v) is 5.59. The molecule has 3 atom stereocenters. The number of nitrogens with zero attached hydrogens (tertiary/aromatic N) is 2. The lowest BCUT2D eigenvalue weighted by Crippen LogP contribution is -2.45. The van der Waals surface area contributed by atoms with E-state index in [0.29, 0.717) is 6.54 Å². The van der Waals surface area contributed by atoms with Crippen LogP contribution in [-0.4, -0.2) is 39.7 Å². The molecular weight excluding hydrogens is 312 g/mol. The number of hydrogen-bond donors (Lipinski definition) is 1. The summed E-state index contributed by atoms with van der Waals surface area (Å²) in [4.78, 5) is 14.8. The van der Waals surface area contributed by atoms with Gasteiger partial charge in [-0.15, -0.1) is 0 Å². The Kier molecular flexibility index (Phi) is 5.00. The number of amides is 1. The SMILES string of the molecule is Cc1cc(C(=O)N2CCC(C)C(O)C2)c(C)n1C(C)c1ccccc1. The van der Waals surface area contributed by atoms with Crippen molar-refractivity contribution in [2.24, 2.45) is 5.92 Å². The fourth-order valence-corrected chi connectivity index (χ4v) is 3.87. The second-order valence-electron chi connectivity index (χ2n) is 7.33. The number of aromatic nitrogens is 1. The number of aliphatic hydroxyl groups excluding tert-OH is 1. The normalized spacial score (nSPS) is 22.0. The molecule has 2 aromatic rings. The molecule has 1 aromatic heterocycles. The number of likely N-dealkylation sites (tertiary alicyclic amines) is 1. The maximum absolute atomic E-state index is 13.0. The molecule has 4 heteroatoms. The van der Waals surface area contributed by atoms with Crippen molar-refractivity contribution in [2.45, 2.75) is 46.3 Å². The van der Waals surface area contributed by atoms with Crippen LogP contribution in [0.15, 0.2) is 36.4 Å². The van der Waals surface area contributed by atoms with Crippen LogP contribution < -0.4 is 0 Å². The molecule has 4 nitrogen and oxygen atoms in total. The maximum atomic E-state index is 13.0. The lowest BCUT2D eigenvalue weighted by Gasteiger charge is -2.34. The molecule has 1 aromatic carbocycles. The van der Waals surface area contributed by atoms with Gasteiger partial charge in [0.1, 0.15) is 0 Å². The zero-order valence-corrected chi connectivity index (χ0v) is 15.6. The highest BCUT2D eigenvalue weighted by Crippen LogP contribution is 2.27. The summed E-state index contributed by atoms with van der Waals surface area (Å²) >= 11 is 0. The average molecular weight is 340 g/mol.